The van der Waals surface area contributed by atoms with Crippen LogP contribution in [-0.4, -0.2) is 20.9 Å². The SMILES string of the molecule is Cc1ccccc1CNC(=O)CNS(=O)(=O)c1ccccc1C. The molecule has 0 heterocycles. The van der Waals surface area contributed by atoms with Crippen molar-refractivity contribution in [1.82, 2.24) is 10.0 Å². The fraction of sp³-hybridized carbons (Fsp3) is 0.235. The minimum atomic E-state index is -3.69. The number of carbonyl (C=O) groups is 1. The summed E-state index contributed by atoms with van der Waals surface area (Å²) in [7, 11) is -3.69. The Balaban J connectivity index is 1.92. The Hall–Kier alpha value is -2.18. The van der Waals surface area contributed by atoms with E-state index in [9.17, 15) is 13.2 Å². The van der Waals surface area contributed by atoms with Crippen LogP contribution in [-0.2, 0) is 21.4 Å². The highest BCUT2D eigenvalue weighted by molar-refractivity contribution is 7.89. The summed E-state index contributed by atoms with van der Waals surface area (Å²) in [4.78, 5) is 12.0. The third-order valence-corrected chi connectivity index (χ3v) is 5.10. The first-order valence-electron chi connectivity index (χ1n) is 7.26. The van der Waals surface area contributed by atoms with E-state index in [0.717, 1.165) is 11.1 Å². The first-order chi connectivity index (χ1) is 10.9. The van der Waals surface area contributed by atoms with Crippen LogP contribution >= 0.6 is 0 Å². The van der Waals surface area contributed by atoms with Crippen LogP contribution in [0.1, 0.15) is 16.7 Å². The van der Waals surface area contributed by atoms with Gasteiger partial charge in [-0.15, -0.1) is 0 Å². The van der Waals surface area contributed by atoms with Gasteiger partial charge in [0.05, 0.1) is 11.4 Å². The average molecular weight is 332 g/mol. The van der Waals surface area contributed by atoms with Gasteiger partial charge in [-0.1, -0.05) is 42.5 Å². The molecular weight excluding hydrogens is 312 g/mol. The summed E-state index contributed by atoms with van der Waals surface area (Å²) in [6.07, 6.45) is 0. The Kier molecular flexibility index (Phi) is 5.52. The van der Waals surface area contributed by atoms with E-state index in [2.05, 4.69) is 10.0 Å². The molecule has 0 saturated carbocycles. The summed E-state index contributed by atoms with van der Waals surface area (Å²) in [6, 6.07) is 14.4. The van der Waals surface area contributed by atoms with Gasteiger partial charge in [0.15, 0.2) is 0 Å². The van der Waals surface area contributed by atoms with Crippen molar-refractivity contribution in [2.24, 2.45) is 0 Å². The lowest BCUT2D eigenvalue weighted by atomic mass is 10.1. The topological polar surface area (TPSA) is 75.3 Å². The number of sulfonamides is 1. The highest BCUT2D eigenvalue weighted by Crippen LogP contribution is 2.13. The Morgan fingerprint density at radius 1 is 0.957 bits per heavy atom. The molecular formula is C17H20N2O3S. The molecule has 0 aliphatic heterocycles. The second-order valence-electron chi connectivity index (χ2n) is 5.29. The van der Waals surface area contributed by atoms with Crippen molar-refractivity contribution in [2.75, 3.05) is 6.54 Å². The summed E-state index contributed by atoms with van der Waals surface area (Å²) in [5.41, 5.74) is 2.72. The largest absolute Gasteiger partial charge is 0.351 e. The van der Waals surface area contributed by atoms with Gasteiger partial charge in [0, 0.05) is 6.54 Å². The zero-order valence-corrected chi connectivity index (χ0v) is 14.0. The van der Waals surface area contributed by atoms with Crippen molar-refractivity contribution in [3.63, 3.8) is 0 Å². The molecule has 2 rings (SSSR count). The number of hydrogen-bond donors (Lipinski definition) is 2. The van der Waals surface area contributed by atoms with Gasteiger partial charge in [-0.2, -0.15) is 0 Å². The fourth-order valence-corrected chi connectivity index (χ4v) is 3.39. The standard InChI is InChI=1S/C17H20N2O3S/c1-13-7-3-5-9-15(13)11-18-17(20)12-19-23(21,22)16-10-6-4-8-14(16)2/h3-10,19H,11-12H2,1-2H3,(H,18,20). The van der Waals surface area contributed by atoms with Crippen molar-refractivity contribution in [3.05, 3.63) is 65.2 Å². The zero-order chi connectivity index (χ0) is 16.9. The molecule has 23 heavy (non-hydrogen) atoms. The average Bonchev–Trinajstić information content (AvgIpc) is 2.52. The molecule has 0 radical (unpaired) electrons. The minimum Gasteiger partial charge on any atom is -0.351 e. The molecule has 2 N–H and O–H groups in total. The maximum atomic E-state index is 12.2. The van der Waals surface area contributed by atoms with Crippen molar-refractivity contribution < 1.29 is 13.2 Å². The fourth-order valence-electron chi connectivity index (χ4n) is 2.16. The number of aryl methyl sites for hydroxylation is 2. The van der Waals surface area contributed by atoms with Gasteiger partial charge in [0.1, 0.15) is 0 Å². The molecule has 0 aromatic heterocycles. The maximum Gasteiger partial charge on any atom is 0.241 e. The lowest BCUT2D eigenvalue weighted by Gasteiger charge is -2.10. The summed E-state index contributed by atoms with van der Waals surface area (Å²) < 4.78 is 26.7. The molecule has 2 aromatic carbocycles. The molecule has 122 valence electrons. The minimum absolute atomic E-state index is 0.187. The van der Waals surface area contributed by atoms with Gasteiger partial charge < -0.3 is 5.32 Å². The van der Waals surface area contributed by atoms with Gasteiger partial charge in [-0.3, -0.25) is 4.79 Å². The molecule has 0 unspecified atom stereocenters. The molecule has 2 aromatic rings. The van der Waals surface area contributed by atoms with Crippen LogP contribution in [0.2, 0.25) is 0 Å². The van der Waals surface area contributed by atoms with Crippen molar-refractivity contribution in [3.8, 4) is 0 Å². The first kappa shape index (κ1) is 17.2. The van der Waals surface area contributed by atoms with E-state index in [4.69, 9.17) is 0 Å². The van der Waals surface area contributed by atoms with E-state index in [-0.39, 0.29) is 17.3 Å². The van der Waals surface area contributed by atoms with E-state index in [1.165, 1.54) is 6.07 Å². The van der Waals surface area contributed by atoms with Crippen LogP contribution in [0, 0.1) is 13.8 Å². The summed E-state index contributed by atoms with van der Waals surface area (Å²) >= 11 is 0. The monoisotopic (exact) mass is 332 g/mol. The highest BCUT2D eigenvalue weighted by atomic mass is 32.2. The van der Waals surface area contributed by atoms with Crippen molar-refractivity contribution >= 4 is 15.9 Å². The van der Waals surface area contributed by atoms with Gasteiger partial charge in [0.25, 0.3) is 0 Å². The molecule has 0 saturated heterocycles. The van der Waals surface area contributed by atoms with Gasteiger partial charge in [-0.05, 0) is 36.6 Å². The van der Waals surface area contributed by atoms with Gasteiger partial charge in [0.2, 0.25) is 15.9 Å². The number of amides is 1. The smallest absolute Gasteiger partial charge is 0.241 e. The molecule has 1 amide bonds. The summed E-state index contributed by atoms with van der Waals surface area (Å²) in [5.74, 6) is -0.370. The molecule has 0 spiro atoms. The van der Waals surface area contributed by atoms with Crippen LogP contribution in [0.4, 0.5) is 0 Å². The molecule has 0 atom stereocenters. The quantitative estimate of drug-likeness (QED) is 0.848. The Bertz CT molecular complexity index is 801. The van der Waals surface area contributed by atoms with E-state index in [1.807, 2.05) is 31.2 Å². The second kappa shape index (κ2) is 7.39. The van der Waals surface area contributed by atoms with E-state index in [1.54, 1.807) is 25.1 Å². The Morgan fingerprint density at radius 3 is 2.22 bits per heavy atom. The maximum absolute atomic E-state index is 12.2. The third kappa shape index (κ3) is 4.64. The predicted octanol–water partition coefficient (Wildman–Crippen LogP) is 1.90. The highest BCUT2D eigenvalue weighted by Gasteiger charge is 2.17. The summed E-state index contributed by atoms with van der Waals surface area (Å²) in [6.45, 7) is 3.76. The molecule has 0 bridgehead atoms. The molecule has 0 fully saturated rings. The predicted molar refractivity (Wildman–Crippen MR) is 89.4 cm³/mol. The van der Waals surface area contributed by atoms with Crippen molar-refractivity contribution in [1.29, 1.82) is 0 Å². The second-order valence-corrected chi connectivity index (χ2v) is 7.03. The number of nitrogens with one attached hydrogen (secondary N) is 2. The number of hydrogen-bond acceptors (Lipinski definition) is 3. The molecule has 0 aliphatic carbocycles. The molecule has 5 nitrogen and oxygen atoms in total. The third-order valence-electron chi connectivity index (χ3n) is 3.54. The lowest BCUT2D eigenvalue weighted by Crippen LogP contribution is -2.36. The lowest BCUT2D eigenvalue weighted by molar-refractivity contribution is -0.120. The Labute approximate surface area is 136 Å². The van der Waals surface area contributed by atoms with Gasteiger partial charge in [-0.25, -0.2) is 13.1 Å². The number of rotatable bonds is 6. The van der Waals surface area contributed by atoms with Crippen LogP contribution in [0.25, 0.3) is 0 Å². The van der Waals surface area contributed by atoms with Gasteiger partial charge >= 0.3 is 0 Å². The van der Waals surface area contributed by atoms with E-state index < -0.39 is 10.0 Å². The zero-order valence-electron chi connectivity index (χ0n) is 13.2. The van der Waals surface area contributed by atoms with Crippen LogP contribution in [0.15, 0.2) is 53.4 Å². The number of carbonyl (C=O) groups excluding carboxylic acids is 1. The molecule has 0 aliphatic rings. The van der Waals surface area contributed by atoms with Crippen molar-refractivity contribution in [2.45, 2.75) is 25.3 Å². The van der Waals surface area contributed by atoms with Crippen LogP contribution in [0.3, 0.4) is 0 Å². The first-order valence-corrected chi connectivity index (χ1v) is 8.75. The van der Waals surface area contributed by atoms with Crippen LogP contribution in [0.5, 0.6) is 0 Å². The number of benzene rings is 2. The summed E-state index contributed by atoms with van der Waals surface area (Å²) in [5, 5.41) is 2.71. The Morgan fingerprint density at radius 2 is 1.57 bits per heavy atom. The molecule has 6 heteroatoms. The normalized spacial score (nSPS) is 11.2. The van der Waals surface area contributed by atoms with E-state index in [0.29, 0.717) is 12.1 Å². The van der Waals surface area contributed by atoms with E-state index >= 15 is 0 Å². The van der Waals surface area contributed by atoms with Crippen LogP contribution < -0.4 is 10.0 Å².